The molecule has 2 heterocycles. The Morgan fingerprint density at radius 2 is 2.11 bits per heavy atom. The highest BCUT2D eigenvalue weighted by Gasteiger charge is 2.40. The van der Waals surface area contributed by atoms with Gasteiger partial charge in [-0.15, -0.1) is 0 Å². The number of nitrogens with zero attached hydrogens (tertiary/aromatic N) is 3. The Morgan fingerprint density at radius 1 is 1.47 bits per heavy atom. The van der Waals surface area contributed by atoms with Crippen LogP contribution < -0.4 is 4.90 Å². The summed E-state index contributed by atoms with van der Waals surface area (Å²) in [5.74, 6) is 0.559. The van der Waals surface area contributed by atoms with Crippen molar-refractivity contribution in [2.75, 3.05) is 18.0 Å². The summed E-state index contributed by atoms with van der Waals surface area (Å²) in [7, 11) is 0. The minimum absolute atomic E-state index is 0.337. The average molecular weight is 283 g/mol. The molecule has 0 aromatic carbocycles. The van der Waals surface area contributed by atoms with Crippen molar-refractivity contribution < 1.29 is 9.90 Å². The zero-order chi connectivity index (χ0) is 14.0. The van der Waals surface area contributed by atoms with Crippen LogP contribution in [0.4, 0.5) is 5.13 Å². The van der Waals surface area contributed by atoms with E-state index in [0.717, 1.165) is 24.0 Å². The van der Waals surface area contributed by atoms with Gasteiger partial charge in [0.15, 0.2) is 0 Å². The van der Waals surface area contributed by atoms with Crippen LogP contribution in [0.3, 0.4) is 0 Å². The molecule has 1 saturated heterocycles. The van der Waals surface area contributed by atoms with Gasteiger partial charge in [0.2, 0.25) is 5.13 Å². The second-order valence-corrected chi connectivity index (χ2v) is 6.25. The second kappa shape index (κ2) is 5.45. The third-order valence-electron chi connectivity index (χ3n) is 4.07. The van der Waals surface area contributed by atoms with Crippen LogP contribution in [0.25, 0.3) is 0 Å². The zero-order valence-corrected chi connectivity index (χ0v) is 12.5. The number of aromatic nitrogens is 2. The lowest BCUT2D eigenvalue weighted by Crippen LogP contribution is -2.44. The summed E-state index contributed by atoms with van der Waals surface area (Å²) >= 11 is 1.42. The molecule has 19 heavy (non-hydrogen) atoms. The highest BCUT2D eigenvalue weighted by molar-refractivity contribution is 7.09. The van der Waals surface area contributed by atoms with Crippen LogP contribution in [-0.4, -0.2) is 33.5 Å². The molecule has 1 aliphatic rings. The first kappa shape index (κ1) is 14.2. The number of piperidine rings is 1. The van der Waals surface area contributed by atoms with E-state index in [1.54, 1.807) is 0 Å². The van der Waals surface area contributed by atoms with Crippen LogP contribution in [0, 0.1) is 5.41 Å². The van der Waals surface area contributed by atoms with Crippen LogP contribution in [0.5, 0.6) is 0 Å². The van der Waals surface area contributed by atoms with Crippen molar-refractivity contribution in [3.8, 4) is 0 Å². The number of aliphatic carboxylic acids is 1. The molecular weight excluding hydrogens is 262 g/mol. The number of carbonyl (C=O) groups is 1. The smallest absolute Gasteiger partial charge is 0.309 e. The predicted molar refractivity (Wildman–Crippen MR) is 75.8 cm³/mol. The minimum Gasteiger partial charge on any atom is -0.481 e. The molecule has 1 N–H and O–H groups in total. The number of hydrogen-bond acceptors (Lipinski definition) is 5. The van der Waals surface area contributed by atoms with Crippen molar-refractivity contribution in [1.82, 2.24) is 9.36 Å². The van der Waals surface area contributed by atoms with Gasteiger partial charge < -0.3 is 10.0 Å². The van der Waals surface area contributed by atoms with E-state index < -0.39 is 11.4 Å². The SMILES string of the molecule is CCC1(C(=O)O)CCN(c2nc(C(C)C)ns2)CC1. The van der Waals surface area contributed by atoms with Crippen molar-refractivity contribution in [2.45, 2.75) is 46.0 Å². The Balaban J connectivity index is 2.05. The van der Waals surface area contributed by atoms with Crippen molar-refractivity contribution in [3.05, 3.63) is 5.82 Å². The van der Waals surface area contributed by atoms with Gasteiger partial charge in [0, 0.05) is 30.5 Å². The number of carboxylic acid groups (broad SMARTS) is 1. The van der Waals surface area contributed by atoms with E-state index in [9.17, 15) is 9.90 Å². The summed E-state index contributed by atoms with van der Waals surface area (Å²) in [6.45, 7) is 7.63. The van der Waals surface area contributed by atoms with Crippen LogP contribution in [0.15, 0.2) is 0 Å². The van der Waals surface area contributed by atoms with Crippen molar-refractivity contribution in [3.63, 3.8) is 0 Å². The number of anilines is 1. The normalized spacial score (nSPS) is 18.8. The Morgan fingerprint density at radius 3 is 2.53 bits per heavy atom. The Bertz CT molecular complexity index is 450. The number of carboxylic acids is 1. The van der Waals surface area contributed by atoms with Gasteiger partial charge in [-0.1, -0.05) is 20.8 Å². The van der Waals surface area contributed by atoms with Crippen LogP contribution in [-0.2, 0) is 4.79 Å². The van der Waals surface area contributed by atoms with Crippen molar-refractivity contribution >= 4 is 22.6 Å². The summed E-state index contributed by atoms with van der Waals surface area (Å²) in [5, 5.41) is 10.3. The first-order valence-electron chi connectivity index (χ1n) is 6.80. The third kappa shape index (κ3) is 2.73. The average Bonchev–Trinajstić information content (AvgIpc) is 2.88. The fraction of sp³-hybridized carbons (Fsp3) is 0.769. The Kier molecular flexibility index (Phi) is 4.08. The maximum atomic E-state index is 11.4. The van der Waals surface area contributed by atoms with Gasteiger partial charge in [0.25, 0.3) is 0 Å². The molecule has 6 heteroatoms. The highest BCUT2D eigenvalue weighted by Crippen LogP contribution is 2.37. The third-order valence-corrected chi connectivity index (χ3v) is 4.86. The molecule has 0 amide bonds. The summed E-state index contributed by atoms with van der Waals surface area (Å²) in [6, 6.07) is 0. The number of hydrogen-bond donors (Lipinski definition) is 1. The molecule has 0 saturated carbocycles. The van der Waals surface area contributed by atoms with Crippen LogP contribution >= 0.6 is 11.5 Å². The standard InChI is InChI=1S/C13H21N3O2S/c1-4-13(11(17)18)5-7-16(8-6-13)12-14-10(9(2)3)15-19-12/h9H,4-8H2,1-3H3,(H,17,18). The number of rotatable bonds is 4. The molecule has 0 radical (unpaired) electrons. The molecule has 0 unspecified atom stereocenters. The summed E-state index contributed by atoms with van der Waals surface area (Å²) in [5.41, 5.74) is -0.540. The lowest BCUT2D eigenvalue weighted by molar-refractivity contribution is -0.150. The zero-order valence-electron chi connectivity index (χ0n) is 11.7. The molecule has 1 fully saturated rings. The monoisotopic (exact) mass is 283 g/mol. The Labute approximate surface area is 117 Å². The molecule has 0 atom stereocenters. The van der Waals surface area contributed by atoms with Gasteiger partial charge >= 0.3 is 5.97 Å². The highest BCUT2D eigenvalue weighted by atomic mass is 32.1. The lowest BCUT2D eigenvalue weighted by Gasteiger charge is -2.38. The molecule has 1 aromatic rings. The molecular formula is C13H21N3O2S. The summed E-state index contributed by atoms with van der Waals surface area (Å²) in [4.78, 5) is 18.1. The maximum Gasteiger partial charge on any atom is 0.309 e. The first-order valence-corrected chi connectivity index (χ1v) is 7.58. The van der Waals surface area contributed by atoms with Crippen molar-refractivity contribution in [1.29, 1.82) is 0 Å². The first-order chi connectivity index (χ1) is 8.98. The largest absolute Gasteiger partial charge is 0.481 e. The van der Waals surface area contributed by atoms with E-state index in [1.807, 2.05) is 6.92 Å². The predicted octanol–water partition coefficient (Wildman–Crippen LogP) is 2.74. The van der Waals surface area contributed by atoms with Gasteiger partial charge in [-0.2, -0.15) is 4.37 Å². The van der Waals surface area contributed by atoms with Gasteiger partial charge in [-0.3, -0.25) is 4.79 Å². The van der Waals surface area contributed by atoms with E-state index in [0.29, 0.717) is 25.2 Å². The topological polar surface area (TPSA) is 66.3 Å². The minimum atomic E-state index is -0.658. The summed E-state index contributed by atoms with van der Waals surface area (Å²) in [6.07, 6.45) is 2.08. The van der Waals surface area contributed by atoms with E-state index >= 15 is 0 Å². The van der Waals surface area contributed by atoms with E-state index in [-0.39, 0.29) is 0 Å². The van der Waals surface area contributed by atoms with Gasteiger partial charge in [0.1, 0.15) is 5.82 Å². The summed E-state index contributed by atoms with van der Waals surface area (Å²) < 4.78 is 4.36. The van der Waals surface area contributed by atoms with E-state index in [2.05, 4.69) is 28.1 Å². The fourth-order valence-electron chi connectivity index (χ4n) is 2.43. The van der Waals surface area contributed by atoms with Gasteiger partial charge in [0.05, 0.1) is 5.41 Å². The van der Waals surface area contributed by atoms with E-state index in [1.165, 1.54) is 11.5 Å². The lowest BCUT2D eigenvalue weighted by atomic mass is 9.76. The maximum absolute atomic E-state index is 11.4. The molecule has 0 spiro atoms. The van der Waals surface area contributed by atoms with Gasteiger partial charge in [-0.25, -0.2) is 4.98 Å². The van der Waals surface area contributed by atoms with Gasteiger partial charge in [-0.05, 0) is 19.3 Å². The van der Waals surface area contributed by atoms with Crippen molar-refractivity contribution in [2.24, 2.45) is 5.41 Å². The van der Waals surface area contributed by atoms with Crippen LogP contribution in [0.1, 0.15) is 51.8 Å². The molecule has 106 valence electrons. The van der Waals surface area contributed by atoms with Crippen LogP contribution in [0.2, 0.25) is 0 Å². The quantitative estimate of drug-likeness (QED) is 0.920. The molecule has 0 bridgehead atoms. The molecule has 1 aliphatic heterocycles. The van der Waals surface area contributed by atoms with E-state index in [4.69, 9.17) is 0 Å². The fourth-order valence-corrected chi connectivity index (χ4v) is 3.29. The molecule has 5 nitrogen and oxygen atoms in total. The molecule has 1 aromatic heterocycles. The second-order valence-electron chi connectivity index (χ2n) is 5.52. The molecule has 0 aliphatic carbocycles. The Hall–Kier alpha value is -1.17. The molecule has 2 rings (SSSR count).